The van der Waals surface area contributed by atoms with Crippen LogP contribution in [0.3, 0.4) is 0 Å². The fourth-order valence-electron chi connectivity index (χ4n) is 1.91. The lowest BCUT2D eigenvalue weighted by atomic mass is 10.1. The first-order valence-electron chi connectivity index (χ1n) is 7.77. The van der Waals surface area contributed by atoms with E-state index < -0.39 is 0 Å². The summed E-state index contributed by atoms with van der Waals surface area (Å²) in [5.74, 6) is 0.330. The maximum absolute atomic E-state index is 12.1. The van der Waals surface area contributed by atoms with E-state index in [0.29, 0.717) is 24.6 Å². The SMILES string of the molecule is CN(C)CCNC(=O)c1cccc(CN=C(N)NC(C)(C)C)c1. The van der Waals surface area contributed by atoms with Gasteiger partial charge in [-0.05, 0) is 52.6 Å². The number of hydrogen-bond donors (Lipinski definition) is 3. The molecule has 0 atom stereocenters. The van der Waals surface area contributed by atoms with Gasteiger partial charge in [0.1, 0.15) is 0 Å². The molecular formula is C17H29N5O. The Morgan fingerprint density at radius 3 is 2.61 bits per heavy atom. The number of aliphatic imine (C=N–C) groups is 1. The molecule has 1 rings (SSSR count). The van der Waals surface area contributed by atoms with E-state index in [0.717, 1.165) is 12.1 Å². The van der Waals surface area contributed by atoms with Crippen molar-refractivity contribution in [2.75, 3.05) is 27.2 Å². The van der Waals surface area contributed by atoms with E-state index in [4.69, 9.17) is 5.73 Å². The van der Waals surface area contributed by atoms with Gasteiger partial charge in [0.2, 0.25) is 0 Å². The number of guanidine groups is 1. The van der Waals surface area contributed by atoms with E-state index in [9.17, 15) is 4.79 Å². The fraction of sp³-hybridized carbons (Fsp3) is 0.529. The maximum Gasteiger partial charge on any atom is 0.251 e. The Kier molecular flexibility index (Phi) is 7.03. The molecule has 0 saturated carbocycles. The summed E-state index contributed by atoms with van der Waals surface area (Å²) in [5.41, 5.74) is 7.32. The van der Waals surface area contributed by atoms with Crippen LogP contribution in [0, 0.1) is 0 Å². The molecule has 0 bridgehead atoms. The minimum absolute atomic E-state index is 0.0709. The third kappa shape index (κ3) is 8.21. The van der Waals surface area contributed by atoms with Gasteiger partial charge in [0.05, 0.1) is 6.54 Å². The van der Waals surface area contributed by atoms with Crippen LogP contribution in [-0.4, -0.2) is 49.5 Å². The maximum atomic E-state index is 12.1. The molecule has 0 radical (unpaired) electrons. The lowest BCUT2D eigenvalue weighted by Gasteiger charge is -2.21. The summed E-state index contributed by atoms with van der Waals surface area (Å²) in [5, 5.41) is 6.01. The highest BCUT2D eigenvalue weighted by atomic mass is 16.1. The number of hydrogen-bond acceptors (Lipinski definition) is 3. The number of benzene rings is 1. The summed E-state index contributed by atoms with van der Waals surface area (Å²) in [4.78, 5) is 18.4. The van der Waals surface area contributed by atoms with Crippen molar-refractivity contribution < 1.29 is 4.79 Å². The van der Waals surface area contributed by atoms with Crippen LogP contribution in [0.4, 0.5) is 0 Å². The van der Waals surface area contributed by atoms with Crippen molar-refractivity contribution in [3.05, 3.63) is 35.4 Å². The van der Waals surface area contributed by atoms with Gasteiger partial charge in [0.25, 0.3) is 5.91 Å². The molecule has 6 nitrogen and oxygen atoms in total. The van der Waals surface area contributed by atoms with Gasteiger partial charge in [-0.3, -0.25) is 4.79 Å². The highest BCUT2D eigenvalue weighted by molar-refractivity contribution is 5.94. The highest BCUT2D eigenvalue weighted by Gasteiger charge is 2.10. The molecule has 1 amide bonds. The summed E-state index contributed by atoms with van der Waals surface area (Å²) >= 11 is 0. The second-order valence-electron chi connectivity index (χ2n) is 6.84. The smallest absolute Gasteiger partial charge is 0.251 e. The zero-order valence-corrected chi connectivity index (χ0v) is 14.8. The summed E-state index contributed by atoms with van der Waals surface area (Å²) < 4.78 is 0. The Morgan fingerprint density at radius 1 is 1.30 bits per heavy atom. The zero-order chi connectivity index (χ0) is 17.5. The average Bonchev–Trinajstić information content (AvgIpc) is 2.43. The first kappa shape index (κ1) is 19.0. The van der Waals surface area contributed by atoms with Crippen molar-refractivity contribution in [3.8, 4) is 0 Å². The molecule has 128 valence electrons. The Bertz CT molecular complexity index is 546. The molecule has 0 aliphatic carbocycles. The molecule has 23 heavy (non-hydrogen) atoms. The van der Waals surface area contributed by atoms with Gasteiger partial charge in [-0.15, -0.1) is 0 Å². The van der Waals surface area contributed by atoms with E-state index in [1.807, 2.05) is 58.0 Å². The van der Waals surface area contributed by atoms with Gasteiger partial charge in [0.15, 0.2) is 5.96 Å². The topological polar surface area (TPSA) is 82.8 Å². The number of carbonyl (C=O) groups is 1. The van der Waals surface area contributed by atoms with Crippen molar-refractivity contribution in [2.24, 2.45) is 10.7 Å². The van der Waals surface area contributed by atoms with E-state index in [1.54, 1.807) is 6.07 Å². The van der Waals surface area contributed by atoms with E-state index in [-0.39, 0.29) is 11.4 Å². The predicted octanol–water partition coefficient (Wildman–Crippen LogP) is 1.18. The molecular weight excluding hydrogens is 290 g/mol. The van der Waals surface area contributed by atoms with Gasteiger partial charge in [0, 0.05) is 24.2 Å². The Morgan fingerprint density at radius 2 is 2.00 bits per heavy atom. The average molecular weight is 319 g/mol. The molecule has 0 heterocycles. The number of nitrogens with one attached hydrogen (secondary N) is 2. The largest absolute Gasteiger partial charge is 0.370 e. The monoisotopic (exact) mass is 319 g/mol. The summed E-state index contributed by atoms with van der Waals surface area (Å²) in [6, 6.07) is 7.44. The zero-order valence-electron chi connectivity index (χ0n) is 14.8. The van der Waals surface area contributed by atoms with Crippen LogP contribution in [0.5, 0.6) is 0 Å². The third-order valence-electron chi connectivity index (χ3n) is 2.97. The van der Waals surface area contributed by atoms with Gasteiger partial charge >= 0.3 is 0 Å². The Hall–Kier alpha value is -2.08. The molecule has 1 aromatic carbocycles. The van der Waals surface area contributed by atoms with Gasteiger partial charge < -0.3 is 21.3 Å². The number of amides is 1. The van der Waals surface area contributed by atoms with Crippen molar-refractivity contribution in [3.63, 3.8) is 0 Å². The second-order valence-corrected chi connectivity index (χ2v) is 6.84. The molecule has 4 N–H and O–H groups in total. The number of rotatable bonds is 6. The van der Waals surface area contributed by atoms with Crippen LogP contribution in [0.1, 0.15) is 36.7 Å². The van der Waals surface area contributed by atoms with Crippen LogP contribution >= 0.6 is 0 Å². The van der Waals surface area contributed by atoms with Crippen LogP contribution in [0.15, 0.2) is 29.3 Å². The Labute approximate surface area is 139 Å². The Balaban J connectivity index is 2.62. The first-order chi connectivity index (χ1) is 10.7. The standard InChI is InChI=1S/C17H29N5O/c1-17(2,3)21-16(18)20-12-13-7-6-8-14(11-13)15(23)19-9-10-22(4)5/h6-8,11H,9-10,12H2,1-5H3,(H,19,23)(H3,18,20,21). The predicted molar refractivity (Wildman–Crippen MR) is 95.5 cm³/mol. The number of carbonyl (C=O) groups excluding carboxylic acids is 1. The lowest BCUT2D eigenvalue weighted by Crippen LogP contribution is -2.44. The van der Waals surface area contributed by atoms with Crippen molar-refractivity contribution in [2.45, 2.75) is 32.9 Å². The van der Waals surface area contributed by atoms with E-state index in [1.165, 1.54) is 0 Å². The van der Waals surface area contributed by atoms with Crippen LogP contribution in [0.25, 0.3) is 0 Å². The van der Waals surface area contributed by atoms with Crippen molar-refractivity contribution in [1.29, 1.82) is 0 Å². The fourth-order valence-corrected chi connectivity index (χ4v) is 1.91. The van der Waals surface area contributed by atoms with Crippen LogP contribution in [0.2, 0.25) is 0 Å². The van der Waals surface area contributed by atoms with Gasteiger partial charge in [-0.25, -0.2) is 4.99 Å². The van der Waals surface area contributed by atoms with Crippen molar-refractivity contribution in [1.82, 2.24) is 15.5 Å². The third-order valence-corrected chi connectivity index (χ3v) is 2.97. The van der Waals surface area contributed by atoms with Crippen molar-refractivity contribution >= 4 is 11.9 Å². The first-order valence-corrected chi connectivity index (χ1v) is 7.77. The second kappa shape index (κ2) is 8.53. The molecule has 0 saturated heterocycles. The minimum Gasteiger partial charge on any atom is -0.370 e. The van der Waals surface area contributed by atoms with Crippen LogP contribution in [-0.2, 0) is 6.54 Å². The van der Waals surface area contributed by atoms with Gasteiger partial charge in [-0.1, -0.05) is 12.1 Å². The molecule has 0 unspecified atom stereocenters. The molecule has 0 aromatic heterocycles. The molecule has 1 aromatic rings. The van der Waals surface area contributed by atoms with Gasteiger partial charge in [-0.2, -0.15) is 0 Å². The quantitative estimate of drug-likeness (QED) is 0.543. The molecule has 0 aliphatic rings. The lowest BCUT2D eigenvalue weighted by molar-refractivity contribution is 0.0951. The summed E-state index contributed by atoms with van der Waals surface area (Å²) in [6.07, 6.45) is 0. The summed E-state index contributed by atoms with van der Waals surface area (Å²) in [6.45, 7) is 7.94. The van der Waals surface area contributed by atoms with E-state index >= 15 is 0 Å². The molecule has 0 fully saturated rings. The minimum atomic E-state index is -0.123. The van der Waals surface area contributed by atoms with Crippen LogP contribution < -0.4 is 16.4 Å². The summed E-state index contributed by atoms with van der Waals surface area (Å²) in [7, 11) is 3.95. The molecule has 0 spiro atoms. The molecule has 0 aliphatic heterocycles. The normalized spacial score (nSPS) is 12.3. The van der Waals surface area contributed by atoms with E-state index in [2.05, 4.69) is 15.6 Å². The number of likely N-dealkylation sites (N-methyl/N-ethyl adjacent to an activating group) is 1. The number of nitrogens with two attached hydrogens (primary N) is 1. The molecule has 6 heteroatoms. The number of nitrogens with zero attached hydrogens (tertiary/aromatic N) is 2. The highest BCUT2D eigenvalue weighted by Crippen LogP contribution is 2.07.